The van der Waals surface area contributed by atoms with Crippen LogP contribution in [0.2, 0.25) is 0 Å². The minimum absolute atomic E-state index is 0.199. The molecule has 6 heteroatoms. The van der Waals surface area contributed by atoms with Crippen LogP contribution < -0.4 is 11.1 Å². The highest BCUT2D eigenvalue weighted by atomic mass is 79.9. The van der Waals surface area contributed by atoms with Crippen molar-refractivity contribution in [2.75, 3.05) is 6.54 Å². The van der Waals surface area contributed by atoms with Gasteiger partial charge in [-0.25, -0.2) is 0 Å². The molecule has 0 aliphatic carbocycles. The van der Waals surface area contributed by atoms with E-state index in [2.05, 4.69) is 21.2 Å². The van der Waals surface area contributed by atoms with Crippen molar-refractivity contribution in [1.29, 1.82) is 0 Å². The highest BCUT2D eigenvalue weighted by molar-refractivity contribution is 9.10. The SMILES string of the molecule is NC(=O)C(O)CNC(=O)c1ccccc1Br. The van der Waals surface area contributed by atoms with Gasteiger partial charge in [0.25, 0.3) is 5.91 Å². The van der Waals surface area contributed by atoms with E-state index >= 15 is 0 Å². The van der Waals surface area contributed by atoms with Crippen molar-refractivity contribution < 1.29 is 14.7 Å². The quantitative estimate of drug-likeness (QED) is 0.729. The van der Waals surface area contributed by atoms with E-state index in [-0.39, 0.29) is 12.5 Å². The number of halogens is 1. The van der Waals surface area contributed by atoms with E-state index in [1.165, 1.54) is 0 Å². The molecule has 1 unspecified atom stereocenters. The van der Waals surface area contributed by atoms with Crippen molar-refractivity contribution in [3.63, 3.8) is 0 Å². The summed E-state index contributed by atoms with van der Waals surface area (Å²) in [6.45, 7) is -0.199. The number of nitrogens with two attached hydrogens (primary N) is 1. The van der Waals surface area contributed by atoms with Crippen LogP contribution in [0.5, 0.6) is 0 Å². The number of aliphatic hydroxyl groups is 1. The highest BCUT2D eigenvalue weighted by Gasteiger charge is 2.14. The standard InChI is InChI=1S/C10H11BrN2O3/c11-7-4-2-1-3-6(7)10(16)13-5-8(14)9(12)15/h1-4,8,14H,5H2,(H2,12,15)(H,13,16). The number of amides is 2. The molecule has 0 fully saturated rings. The zero-order valence-corrected chi connectivity index (χ0v) is 9.90. The lowest BCUT2D eigenvalue weighted by Crippen LogP contribution is -2.40. The maximum absolute atomic E-state index is 11.6. The van der Waals surface area contributed by atoms with Crippen LogP contribution in [-0.2, 0) is 4.79 Å². The van der Waals surface area contributed by atoms with Crippen molar-refractivity contribution in [3.8, 4) is 0 Å². The molecule has 0 aliphatic heterocycles. The summed E-state index contributed by atoms with van der Waals surface area (Å²) in [6, 6.07) is 6.83. The van der Waals surface area contributed by atoms with Gasteiger partial charge in [-0.1, -0.05) is 12.1 Å². The number of hydrogen-bond acceptors (Lipinski definition) is 3. The van der Waals surface area contributed by atoms with Crippen LogP contribution in [0.25, 0.3) is 0 Å². The Morgan fingerprint density at radius 2 is 2.06 bits per heavy atom. The molecule has 1 rings (SSSR count). The van der Waals surface area contributed by atoms with Gasteiger partial charge in [0.05, 0.1) is 12.1 Å². The van der Waals surface area contributed by atoms with Crippen LogP contribution >= 0.6 is 15.9 Å². The van der Waals surface area contributed by atoms with Crippen molar-refractivity contribution in [3.05, 3.63) is 34.3 Å². The first-order chi connectivity index (χ1) is 7.52. The molecule has 1 aromatic rings. The molecule has 0 radical (unpaired) electrons. The maximum Gasteiger partial charge on any atom is 0.252 e. The molecular weight excluding hydrogens is 276 g/mol. The third-order valence-corrected chi connectivity index (χ3v) is 2.59. The van der Waals surface area contributed by atoms with Crippen LogP contribution in [0, 0.1) is 0 Å². The number of primary amides is 1. The lowest BCUT2D eigenvalue weighted by atomic mass is 10.2. The van der Waals surface area contributed by atoms with Gasteiger partial charge in [-0.3, -0.25) is 9.59 Å². The summed E-state index contributed by atoms with van der Waals surface area (Å²) in [5.74, 6) is -1.25. The van der Waals surface area contributed by atoms with E-state index < -0.39 is 12.0 Å². The molecule has 4 N–H and O–H groups in total. The first-order valence-electron chi connectivity index (χ1n) is 4.52. The average molecular weight is 287 g/mol. The fourth-order valence-electron chi connectivity index (χ4n) is 1.03. The Morgan fingerprint density at radius 1 is 1.44 bits per heavy atom. The topological polar surface area (TPSA) is 92.4 Å². The fraction of sp³-hybridized carbons (Fsp3) is 0.200. The Hall–Kier alpha value is -1.40. The zero-order valence-electron chi connectivity index (χ0n) is 8.31. The summed E-state index contributed by atoms with van der Waals surface area (Å²) in [5, 5.41) is 11.5. The number of carbonyl (C=O) groups excluding carboxylic acids is 2. The van der Waals surface area contributed by atoms with Gasteiger partial charge in [-0.05, 0) is 28.1 Å². The molecule has 0 spiro atoms. The van der Waals surface area contributed by atoms with Crippen LogP contribution in [0.15, 0.2) is 28.7 Å². The number of rotatable bonds is 4. The van der Waals surface area contributed by atoms with E-state index in [9.17, 15) is 9.59 Å². The molecule has 0 saturated carbocycles. The predicted molar refractivity (Wildman–Crippen MR) is 61.7 cm³/mol. The molecule has 86 valence electrons. The number of aliphatic hydroxyl groups excluding tert-OH is 1. The Morgan fingerprint density at radius 3 is 2.62 bits per heavy atom. The molecule has 0 heterocycles. The van der Waals surface area contributed by atoms with E-state index in [0.29, 0.717) is 10.0 Å². The normalized spacial score (nSPS) is 11.9. The minimum Gasteiger partial charge on any atom is -0.381 e. The summed E-state index contributed by atoms with van der Waals surface area (Å²) in [7, 11) is 0. The lowest BCUT2D eigenvalue weighted by Gasteiger charge is -2.09. The molecule has 0 saturated heterocycles. The van der Waals surface area contributed by atoms with Gasteiger partial charge in [0, 0.05) is 4.47 Å². The van der Waals surface area contributed by atoms with Crippen molar-refractivity contribution >= 4 is 27.7 Å². The number of nitrogens with one attached hydrogen (secondary N) is 1. The van der Waals surface area contributed by atoms with Crippen molar-refractivity contribution in [2.45, 2.75) is 6.10 Å². The Labute approximate surface area is 101 Å². The molecule has 0 bridgehead atoms. The minimum atomic E-state index is -1.37. The molecule has 1 atom stereocenters. The van der Waals surface area contributed by atoms with E-state index in [0.717, 1.165) is 0 Å². The Bertz CT molecular complexity index is 409. The second kappa shape index (κ2) is 5.62. The summed E-state index contributed by atoms with van der Waals surface area (Å²) in [4.78, 5) is 22.1. The van der Waals surface area contributed by atoms with Gasteiger partial charge in [0.2, 0.25) is 5.91 Å². The Kier molecular flexibility index (Phi) is 4.45. The number of benzene rings is 1. The number of hydrogen-bond donors (Lipinski definition) is 3. The van der Waals surface area contributed by atoms with Gasteiger partial charge < -0.3 is 16.2 Å². The smallest absolute Gasteiger partial charge is 0.252 e. The van der Waals surface area contributed by atoms with Crippen LogP contribution in [-0.4, -0.2) is 29.6 Å². The summed E-state index contributed by atoms with van der Waals surface area (Å²) in [6.07, 6.45) is -1.37. The summed E-state index contributed by atoms with van der Waals surface area (Å²) < 4.78 is 0.640. The molecular formula is C10H11BrN2O3. The van der Waals surface area contributed by atoms with Gasteiger partial charge in [-0.15, -0.1) is 0 Å². The largest absolute Gasteiger partial charge is 0.381 e. The molecule has 0 aliphatic rings. The molecule has 1 aromatic carbocycles. The summed E-state index contributed by atoms with van der Waals surface area (Å²) in [5.41, 5.74) is 5.27. The monoisotopic (exact) mass is 286 g/mol. The van der Waals surface area contributed by atoms with Crippen LogP contribution in [0.1, 0.15) is 10.4 Å². The summed E-state index contributed by atoms with van der Waals surface area (Å²) >= 11 is 3.22. The highest BCUT2D eigenvalue weighted by Crippen LogP contribution is 2.15. The fourth-order valence-corrected chi connectivity index (χ4v) is 1.50. The van der Waals surface area contributed by atoms with Gasteiger partial charge >= 0.3 is 0 Å². The van der Waals surface area contributed by atoms with Gasteiger partial charge in [-0.2, -0.15) is 0 Å². The van der Waals surface area contributed by atoms with E-state index in [1.54, 1.807) is 24.3 Å². The van der Waals surface area contributed by atoms with Crippen molar-refractivity contribution in [1.82, 2.24) is 5.32 Å². The Balaban J connectivity index is 2.60. The first kappa shape index (κ1) is 12.7. The zero-order chi connectivity index (χ0) is 12.1. The second-order valence-corrected chi connectivity index (χ2v) is 3.96. The van der Waals surface area contributed by atoms with Crippen LogP contribution in [0.4, 0.5) is 0 Å². The maximum atomic E-state index is 11.6. The average Bonchev–Trinajstić information content (AvgIpc) is 2.25. The van der Waals surface area contributed by atoms with Gasteiger partial charge in [0.1, 0.15) is 6.10 Å². The first-order valence-corrected chi connectivity index (χ1v) is 5.31. The van der Waals surface area contributed by atoms with Crippen molar-refractivity contribution in [2.24, 2.45) is 5.73 Å². The van der Waals surface area contributed by atoms with E-state index in [4.69, 9.17) is 10.8 Å². The lowest BCUT2D eigenvalue weighted by molar-refractivity contribution is -0.125. The third kappa shape index (κ3) is 3.32. The predicted octanol–water partition coefficient (Wildman–Crippen LogP) is 0.0251. The molecule has 0 aromatic heterocycles. The van der Waals surface area contributed by atoms with Gasteiger partial charge in [0.15, 0.2) is 0 Å². The number of carbonyl (C=O) groups is 2. The second-order valence-electron chi connectivity index (χ2n) is 3.11. The molecule has 2 amide bonds. The third-order valence-electron chi connectivity index (χ3n) is 1.90. The van der Waals surface area contributed by atoms with E-state index in [1.807, 2.05) is 0 Å². The van der Waals surface area contributed by atoms with Crippen LogP contribution in [0.3, 0.4) is 0 Å². The molecule has 5 nitrogen and oxygen atoms in total. The molecule has 16 heavy (non-hydrogen) atoms.